The number of alkyl halides is 3. The Morgan fingerprint density at radius 3 is 2.42 bits per heavy atom. The first-order valence-electron chi connectivity index (χ1n) is 7.75. The van der Waals surface area contributed by atoms with Crippen molar-refractivity contribution in [3.05, 3.63) is 30.3 Å². The van der Waals surface area contributed by atoms with Crippen molar-refractivity contribution in [2.45, 2.75) is 42.0 Å². The van der Waals surface area contributed by atoms with Crippen LogP contribution in [0, 0.1) is 0 Å². The fourth-order valence-corrected chi connectivity index (χ4v) is 3.29. The molecular weight excluding hydrogens is 450 g/mol. The maximum absolute atomic E-state index is 12.2. The van der Waals surface area contributed by atoms with Gasteiger partial charge in [0.15, 0.2) is 5.96 Å². The molecular formula is C16H23F3IN3S. The van der Waals surface area contributed by atoms with Crippen LogP contribution in [-0.2, 0) is 0 Å². The van der Waals surface area contributed by atoms with E-state index in [2.05, 4.69) is 27.8 Å². The van der Waals surface area contributed by atoms with Gasteiger partial charge in [-0.05, 0) is 31.9 Å². The van der Waals surface area contributed by atoms with Crippen molar-refractivity contribution in [1.82, 2.24) is 10.6 Å². The molecule has 8 heteroatoms. The van der Waals surface area contributed by atoms with E-state index in [9.17, 15) is 13.2 Å². The summed E-state index contributed by atoms with van der Waals surface area (Å²) < 4.78 is 36.7. The molecule has 0 unspecified atom stereocenters. The van der Waals surface area contributed by atoms with E-state index >= 15 is 0 Å². The zero-order valence-corrected chi connectivity index (χ0v) is 16.7. The van der Waals surface area contributed by atoms with E-state index in [0.29, 0.717) is 19.0 Å². The molecule has 3 nitrogen and oxygen atoms in total. The van der Waals surface area contributed by atoms with Crippen molar-refractivity contribution in [2.75, 3.05) is 19.6 Å². The van der Waals surface area contributed by atoms with Crippen molar-refractivity contribution in [3.8, 4) is 0 Å². The molecule has 2 N–H and O–H groups in total. The number of thioether (sulfide) groups is 1. The molecule has 1 aliphatic rings. The van der Waals surface area contributed by atoms with Gasteiger partial charge in [-0.15, -0.1) is 35.7 Å². The Balaban J connectivity index is 0.00000288. The molecule has 0 aromatic heterocycles. The molecule has 24 heavy (non-hydrogen) atoms. The maximum atomic E-state index is 12.2. The van der Waals surface area contributed by atoms with Crippen LogP contribution in [0.15, 0.2) is 40.2 Å². The van der Waals surface area contributed by atoms with Crippen molar-refractivity contribution in [1.29, 1.82) is 0 Å². The van der Waals surface area contributed by atoms with E-state index in [1.54, 1.807) is 11.8 Å². The summed E-state index contributed by atoms with van der Waals surface area (Å²) in [5.41, 5.74) is 0. The summed E-state index contributed by atoms with van der Waals surface area (Å²) in [4.78, 5) is 5.67. The molecule has 1 saturated carbocycles. The first-order valence-corrected chi connectivity index (χ1v) is 8.57. The zero-order valence-electron chi connectivity index (χ0n) is 13.5. The predicted molar refractivity (Wildman–Crippen MR) is 104 cm³/mol. The van der Waals surface area contributed by atoms with Crippen LogP contribution < -0.4 is 10.6 Å². The van der Waals surface area contributed by atoms with Crippen LogP contribution in [0.5, 0.6) is 0 Å². The number of hydrogen-bond acceptors (Lipinski definition) is 2. The molecule has 1 aromatic carbocycles. The normalized spacial score (nSPS) is 16.2. The number of rotatable bonds is 7. The number of halogens is 4. The van der Waals surface area contributed by atoms with E-state index < -0.39 is 12.6 Å². The number of aliphatic imine (C=N–C) groups is 1. The first kappa shape index (κ1) is 21.4. The van der Waals surface area contributed by atoms with Gasteiger partial charge in [-0.2, -0.15) is 13.2 Å². The van der Waals surface area contributed by atoms with Crippen LogP contribution in [-0.4, -0.2) is 36.5 Å². The molecule has 1 aromatic rings. The SMILES string of the molecule is CCNC(=NCC1(Sc2ccccc2)CC1)NCCC(F)(F)F.I. The number of hydrogen-bond donors (Lipinski definition) is 2. The summed E-state index contributed by atoms with van der Waals surface area (Å²) in [7, 11) is 0. The highest BCUT2D eigenvalue weighted by Gasteiger charge is 2.43. The van der Waals surface area contributed by atoms with E-state index in [1.807, 2.05) is 25.1 Å². The van der Waals surface area contributed by atoms with Gasteiger partial charge in [0.25, 0.3) is 0 Å². The number of guanidine groups is 1. The molecule has 0 aliphatic heterocycles. The van der Waals surface area contributed by atoms with Crippen LogP contribution in [0.1, 0.15) is 26.2 Å². The second-order valence-electron chi connectivity index (χ2n) is 5.59. The van der Waals surface area contributed by atoms with Crippen molar-refractivity contribution < 1.29 is 13.2 Å². The van der Waals surface area contributed by atoms with Crippen molar-refractivity contribution in [2.24, 2.45) is 4.99 Å². The molecule has 136 valence electrons. The van der Waals surface area contributed by atoms with Gasteiger partial charge < -0.3 is 10.6 Å². The fourth-order valence-electron chi connectivity index (χ4n) is 2.06. The number of benzene rings is 1. The van der Waals surface area contributed by atoms with Gasteiger partial charge in [0, 0.05) is 22.7 Å². The minimum absolute atomic E-state index is 0. The highest BCUT2D eigenvalue weighted by atomic mass is 127. The van der Waals surface area contributed by atoms with E-state index in [4.69, 9.17) is 0 Å². The smallest absolute Gasteiger partial charge is 0.357 e. The molecule has 0 amide bonds. The summed E-state index contributed by atoms with van der Waals surface area (Å²) in [5, 5.41) is 5.75. The molecule has 0 saturated heterocycles. The van der Waals surface area contributed by atoms with Crippen LogP contribution in [0.2, 0.25) is 0 Å². The standard InChI is InChI=1S/C16H22F3N3S.HI/c1-2-20-14(21-11-10-16(17,18)19)22-12-15(8-9-15)23-13-6-4-3-5-7-13;/h3-7H,2,8-12H2,1H3,(H2,20,21,22);1H. The van der Waals surface area contributed by atoms with Gasteiger partial charge in [-0.25, -0.2) is 0 Å². The third kappa shape index (κ3) is 7.96. The van der Waals surface area contributed by atoms with Crippen LogP contribution >= 0.6 is 35.7 Å². The van der Waals surface area contributed by atoms with Crippen molar-refractivity contribution in [3.63, 3.8) is 0 Å². The quantitative estimate of drug-likeness (QED) is 0.350. The Kier molecular flexibility index (Phi) is 8.69. The summed E-state index contributed by atoms with van der Waals surface area (Å²) >= 11 is 1.80. The van der Waals surface area contributed by atoms with Gasteiger partial charge in [-0.3, -0.25) is 4.99 Å². The van der Waals surface area contributed by atoms with Crippen LogP contribution in [0.25, 0.3) is 0 Å². The lowest BCUT2D eigenvalue weighted by Gasteiger charge is -2.15. The third-order valence-corrected chi connectivity index (χ3v) is 4.93. The first-order chi connectivity index (χ1) is 10.9. The van der Waals surface area contributed by atoms with Gasteiger partial charge in [0.2, 0.25) is 0 Å². The maximum Gasteiger partial charge on any atom is 0.390 e. The molecule has 0 heterocycles. The molecule has 0 atom stereocenters. The predicted octanol–water partition coefficient (Wildman–Crippen LogP) is 4.44. The summed E-state index contributed by atoms with van der Waals surface area (Å²) in [6.07, 6.45) is -2.84. The van der Waals surface area contributed by atoms with E-state index in [-0.39, 0.29) is 35.3 Å². The lowest BCUT2D eigenvalue weighted by molar-refractivity contribution is -0.132. The number of nitrogens with zero attached hydrogens (tertiary/aromatic N) is 1. The second kappa shape index (κ2) is 9.74. The minimum Gasteiger partial charge on any atom is -0.357 e. The molecule has 1 fully saturated rings. The van der Waals surface area contributed by atoms with E-state index in [0.717, 1.165) is 12.8 Å². The van der Waals surface area contributed by atoms with Crippen molar-refractivity contribution >= 4 is 41.7 Å². The van der Waals surface area contributed by atoms with E-state index in [1.165, 1.54) is 4.90 Å². The Bertz CT molecular complexity index is 519. The minimum atomic E-state index is -4.15. The highest BCUT2D eigenvalue weighted by Crippen LogP contribution is 2.51. The summed E-state index contributed by atoms with van der Waals surface area (Å²) in [6.45, 7) is 2.96. The van der Waals surface area contributed by atoms with Gasteiger partial charge >= 0.3 is 6.18 Å². The average molecular weight is 473 g/mol. The Hall–Kier alpha value is -0.640. The molecule has 0 spiro atoms. The van der Waals surface area contributed by atoms with Gasteiger partial charge in [0.05, 0.1) is 13.0 Å². The second-order valence-corrected chi connectivity index (χ2v) is 7.13. The van der Waals surface area contributed by atoms with Crippen LogP contribution in [0.3, 0.4) is 0 Å². The Labute approximate surface area is 162 Å². The largest absolute Gasteiger partial charge is 0.390 e. The lowest BCUT2D eigenvalue weighted by atomic mass is 10.4. The third-order valence-electron chi connectivity index (χ3n) is 3.46. The average Bonchev–Trinajstić information content (AvgIpc) is 3.24. The number of nitrogens with one attached hydrogen (secondary N) is 2. The molecule has 0 radical (unpaired) electrons. The molecule has 2 rings (SSSR count). The highest BCUT2D eigenvalue weighted by molar-refractivity contribution is 14.0. The van der Waals surface area contributed by atoms with Crippen LogP contribution in [0.4, 0.5) is 13.2 Å². The Morgan fingerprint density at radius 2 is 1.88 bits per heavy atom. The zero-order chi connectivity index (χ0) is 16.8. The van der Waals surface area contributed by atoms with Gasteiger partial charge in [-0.1, -0.05) is 18.2 Å². The monoisotopic (exact) mass is 473 g/mol. The molecule has 1 aliphatic carbocycles. The fraction of sp³-hybridized carbons (Fsp3) is 0.562. The summed E-state index contributed by atoms with van der Waals surface area (Å²) in [6, 6.07) is 10.1. The topological polar surface area (TPSA) is 36.4 Å². The summed E-state index contributed by atoms with van der Waals surface area (Å²) in [5.74, 6) is 0.455. The molecule has 0 bridgehead atoms. The van der Waals surface area contributed by atoms with Gasteiger partial charge in [0.1, 0.15) is 0 Å². The Morgan fingerprint density at radius 1 is 1.21 bits per heavy atom. The lowest BCUT2D eigenvalue weighted by Crippen LogP contribution is -2.39.